The number of aryl methyl sites for hydroxylation is 1. The first-order valence-corrected chi connectivity index (χ1v) is 11.9. The van der Waals surface area contributed by atoms with Gasteiger partial charge in [0.25, 0.3) is 0 Å². The second-order valence-corrected chi connectivity index (χ2v) is 10.1. The fraction of sp³-hybridized carbons (Fsp3) is 0.769. The summed E-state index contributed by atoms with van der Waals surface area (Å²) in [6.45, 7) is 10.2. The maximum Gasteiger partial charge on any atom is 0.119 e. The zero-order valence-corrected chi connectivity index (χ0v) is 19.4. The lowest BCUT2D eigenvalue weighted by Gasteiger charge is -2.32. The molecule has 0 bridgehead atoms. The van der Waals surface area contributed by atoms with Gasteiger partial charge in [0.1, 0.15) is 5.75 Å². The van der Waals surface area contributed by atoms with Gasteiger partial charge >= 0.3 is 0 Å². The molecule has 1 aliphatic carbocycles. The summed E-state index contributed by atoms with van der Waals surface area (Å²) in [5.74, 6) is 2.67. The summed E-state index contributed by atoms with van der Waals surface area (Å²) in [6, 6.07) is 8.68. The molecule has 3 heteroatoms. The van der Waals surface area contributed by atoms with Crippen molar-refractivity contribution in [3.63, 3.8) is 0 Å². The van der Waals surface area contributed by atoms with Gasteiger partial charge < -0.3 is 15.2 Å². The summed E-state index contributed by atoms with van der Waals surface area (Å²) < 4.78 is 11.7. The van der Waals surface area contributed by atoms with Gasteiger partial charge in [-0.2, -0.15) is 0 Å². The Morgan fingerprint density at radius 1 is 1.00 bits per heavy atom. The Kier molecular flexibility index (Phi) is 10.5. The summed E-state index contributed by atoms with van der Waals surface area (Å²) in [5, 5.41) is 0. The van der Waals surface area contributed by atoms with Gasteiger partial charge in [0.05, 0.1) is 12.7 Å². The SMILES string of the molecule is CC(C)OCCCCCc1cccc(OCCC2CCC(CC(C)(C)N)CC2)c1. The van der Waals surface area contributed by atoms with E-state index in [1.165, 1.54) is 50.5 Å². The van der Waals surface area contributed by atoms with Crippen molar-refractivity contribution >= 4 is 0 Å². The van der Waals surface area contributed by atoms with Gasteiger partial charge in [-0.1, -0.05) is 44.2 Å². The van der Waals surface area contributed by atoms with Gasteiger partial charge in [0.15, 0.2) is 0 Å². The highest BCUT2D eigenvalue weighted by atomic mass is 16.5. The van der Waals surface area contributed by atoms with E-state index >= 15 is 0 Å². The number of benzene rings is 1. The van der Waals surface area contributed by atoms with E-state index in [0.29, 0.717) is 6.10 Å². The number of rotatable bonds is 13. The van der Waals surface area contributed by atoms with Crippen molar-refractivity contribution in [1.82, 2.24) is 0 Å². The third kappa shape index (κ3) is 11.1. The fourth-order valence-electron chi connectivity index (χ4n) is 4.53. The van der Waals surface area contributed by atoms with E-state index in [0.717, 1.165) is 50.1 Å². The minimum Gasteiger partial charge on any atom is -0.494 e. The molecule has 2 rings (SSSR count). The van der Waals surface area contributed by atoms with Crippen LogP contribution in [0.2, 0.25) is 0 Å². The molecule has 0 saturated heterocycles. The van der Waals surface area contributed by atoms with Crippen LogP contribution < -0.4 is 10.5 Å². The van der Waals surface area contributed by atoms with Crippen LogP contribution in [0.25, 0.3) is 0 Å². The van der Waals surface area contributed by atoms with Crippen LogP contribution in [0.3, 0.4) is 0 Å². The van der Waals surface area contributed by atoms with Gasteiger partial charge in [-0.15, -0.1) is 0 Å². The number of nitrogens with two attached hydrogens (primary N) is 1. The lowest BCUT2D eigenvalue weighted by Crippen LogP contribution is -2.35. The van der Waals surface area contributed by atoms with Crippen molar-refractivity contribution in [3.8, 4) is 5.75 Å². The smallest absolute Gasteiger partial charge is 0.119 e. The van der Waals surface area contributed by atoms with Crippen molar-refractivity contribution in [2.24, 2.45) is 17.6 Å². The Morgan fingerprint density at radius 2 is 1.72 bits per heavy atom. The second-order valence-electron chi connectivity index (χ2n) is 10.1. The van der Waals surface area contributed by atoms with E-state index in [-0.39, 0.29) is 5.54 Å². The topological polar surface area (TPSA) is 44.5 Å². The van der Waals surface area contributed by atoms with E-state index in [4.69, 9.17) is 15.2 Å². The largest absolute Gasteiger partial charge is 0.494 e. The lowest BCUT2D eigenvalue weighted by atomic mass is 9.76. The standard InChI is InChI=1S/C26H45NO2/c1-21(2)28-17-7-5-6-9-23-10-8-11-25(19-23)29-18-16-22-12-14-24(15-13-22)20-26(3,4)27/h8,10-11,19,21-22,24H,5-7,9,12-18,20,27H2,1-4H3. The fourth-order valence-corrected chi connectivity index (χ4v) is 4.53. The molecule has 2 N–H and O–H groups in total. The van der Waals surface area contributed by atoms with Crippen LogP contribution in [0.4, 0.5) is 0 Å². The Morgan fingerprint density at radius 3 is 2.41 bits per heavy atom. The minimum atomic E-state index is -0.0203. The number of ether oxygens (including phenoxy) is 2. The molecule has 1 fully saturated rings. The first kappa shape index (κ1) is 24.2. The zero-order chi connectivity index (χ0) is 21.1. The van der Waals surface area contributed by atoms with Gasteiger partial charge in [0.2, 0.25) is 0 Å². The van der Waals surface area contributed by atoms with Crippen LogP contribution in [0.5, 0.6) is 5.75 Å². The molecule has 1 aromatic carbocycles. The molecule has 0 atom stereocenters. The molecule has 0 amide bonds. The zero-order valence-electron chi connectivity index (χ0n) is 19.4. The second kappa shape index (κ2) is 12.6. The van der Waals surface area contributed by atoms with Crippen LogP contribution in [-0.2, 0) is 11.2 Å². The molecule has 29 heavy (non-hydrogen) atoms. The van der Waals surface area contributed by atoms with Crippen LogP contribution in [0.15, 0.2) is 24.3 Å². The Bertz CT molecular complexity index is 556. The van der Waals surface area contributed by atoms with Crippen molar-refractivity contribution < 1.29 is 9.47 Å². The average molecular weight is 404 g/mol. The molecular formula is C26H45NO2. The number of unbranched alkanes of at least 4 members (excludes halogenated alkanes) is 2. The third-order valence-corrected chi connectivity index (χ3v) is 6.04. The van der Waals surface area contributed by atoms with Crippen LogP contribution in [0, 0.1) is 11.8 Å². The van der Waals surface area contributed by atoms with Crippen LogP contribution in [-0.4, -0.2) is 24.9 Å². The normalized spacial score (nSPS) is 20.2. The molecule has 0 aromatic heterocycles. The van der Waals surface area contributed by atoms with Gasteiger partial charge in [-0.25, -0.2) is 0 Å². The van der Waals surface area contributed by atoms with E-state index in [1.54, 1.807) is 0 Å². The molecule has 0 heterocycles. The van der Waals surface area contributed by atoms with E-state index in [2.05, 4.69) is 52.0 Å². The first-order chi connectivity index (χ1) is 13.8. The summed E-state index contributed by atoms with van der Waals surface area (Å²) in [5.41, 5.74) is 7.56. The van der Waals surface area contributed by atoms with E-state index < -0.39 is 0 Å². The summed E-state index contributed by atoms with van der Waals surface area (Å²) in [7, 11) is 0. The lowest BCUT2D eigenvalue weighted by molar-refractivity contribution is 0.0758. The van der Waals surface area contributed by atoms with E-state index in [9.17, 15) is 0 Å². The molecule has 1 aliphatic rings. The molecule has 0 unspecified atom stereocenters. The number of hydrogen-bond donors (Lipinski definition) is 1. The molecular weight excluding hydrogens is 358 g/mol. The van der Waals surface area contributed by atoms with Crippen molar-refractivity contribution in [1.29, 1.82) is 0 Å². The highest BCUT2D eigenvalue weighted by molar-refractivity contribution is 5.28. The molecule has 0 spiro atoms. The van der Waals surface area contributed by atoms with Crippen molar-refractivity contribution in [3.05, 3.63) is 29.8 Å². The molecule has 0 aliphatic heterocycles. The van der Waals surface area contributed by atoms with Crippen molar-refractivity contribution in [2.75, 3.05) is 13.2 Å². The summed E-state index contributed by atoms with van der Waals surface area (Å²) in [4.78, 5) is 0. The highest BCUT2D eigenvalue weighted by Crippen LogP contribution is 2.34. The first-order valence-electron chi connectivity index (χ1n) is 11.9. The minimum absolute atomic E-state index is 0.0203. The van der Waals surface area contributed by atoms with Crippen molar-refractivity contribution in [2.45, 2.75) is 104 Å². The van der Waals surface area contributed by atoms with Gasteiger partial charge in [-0.05, 0) is 89.3 Å². The summed E-state index contributed by atoms with van der Waals surface area (Å²) in [6.07, 6.45) is 12.8. The predicted molar refractivity (Wildman–Crippen MR) is 124 cm³/mol. The molecule has 3 nitrogen and oxygen atoms in total. The molecule has 1 saturated carbocycles. The highest BCUT2D eigenvalue weighted by Gasteiger charge is 2.25. The van der Waals surface area contributed by atoms with Crippen LogP contribution >= 0.6 is 0 Å². The Labute approximate surface area is 179 Å². The van der Waals surface area contributed by atoms with Gasteiger partial charge in [-0.3, -0.25) is 0 Å². The van der Waals surface area contributed by atoms with Gasteiger partial charge in [0, 0.05) is 12.1 Å². The van der Waals surface area contributed by atoms with Crippen LogP contribution in [0.1, 0.15) is 91.0 Å². The quantitative estimate of drug-likeness (QED) is 0.381. The maximum atomic E-state index is 6.19. The predicted octanol–water partition coefficient (Wildman–Crippen LogP) is 6.53. The van der Waals surface area contributed by atoms with E-state index in [1.807, 2.05) is 0 Å². The third-order valence-electron chi connectivity index (χ3n) is 6.04. The number of hydrogen-bond acceptors (Lipinski definition) is 3. The Balaban J connectivity index is 1.59. The molecule has 166 valence electrons. The monoisotopic (exact) mass is 403 g/mol. The molecule has 1 aromatic rings. The molecule has 0 radical (unpaired) electrons. The Hall–Kier alpha value is -1.06. The maximum absolute atomic E-state index is 6.19. The average Bonchev–Trinajstić information content (AvgIpc) is 2.65. The summed E-state index contributed by atoms with van der Waals surface area (Å²) >= 11 is 0.